The Morgan fingerprint density at radius 2 is 2.00 bits per heavy atom. The van der Waals surface area contributed by atoms with Crippen LogP contribution in [0.5, 0.6) is 5.75 Å². The molecule has 3 rings (SSSR count). The highest BCUT2D eigenvalue weighted by atomic mass is 16.6. The van der Waals surface area contributed by atoms with Gasteiger partial charge in [-0.15, -0.1) is 0 Å². The summed E-state index contributed by atoms with van der Waals surface area (Å²) >= 11 is 0. The number of cyclic esters (lactones) is 1. The predicted octanol–water partition coefficient (Wildman–Crippen LogP) is 2.89. The van der Waals surface area contributed by atoms with Crippen LogP contribution in [0.1, 0.15) is 18.1 Å². The zero-order valence-electron chi connectivity index (χ0n) is 14.4. The van der Waals surface area contributed by atoms with Crippen molar-refractivity contribution < 1.29 is 19.1 Å². The third kappa shape index (κ3) is 4.38. The predicted molar refractivity (Wildman–Crippen MR) is 98.9 cm³/mol. The molecule has 2 aromatic carbocycles. The normalized spacial score (nSPS) is 14.3. The Hall–Kier alpha value is -3.92. The molecule has 0 aromatic heterocycles. The van der Waals surface area contributed by atoms with E-state index < -0.39 is 5.97 Å². The van der Waals surface area contributed by atoms with Crippen LogP contribution in [0.2, 0.25) is 0 Å². The van der Waals surface area contributed by atoms with Gasteiger partial charge in [0.2, 0.25) is 11.8 Å². The number of benzene rings is 2. The summed E-state index contributed by atoms with van der Waals surface area (Å²) in [6.07, 6.45) is 1.55. The van der Waals surface area contributed by atoms with Crippen molar-refractivity contribution in [2.45, 2.75) is 6.92 Å². The third-order valence-corrected chi connectivity index (χ3v) is 3.58. The maximum Gasteiger partial charge on any atom is 0.363 e. The van der Waals surface area contributed by atoms with Crippen molar-refractivity contribution >= 4 is 29.5 Å². The van der Waals surface area contributed by atoms with Gasteiger partial charge in [-0.2, -0.15) is 5.26 Å². The van der Waals surface area contributed by atoms with Crippen molar-refractivity contribution in [1.82, 2.24) is 0 Å². The van der Waals surface area contributed by atoms with Crippen LogP contribution in [0.4, 0.5) is 5.69 Å². The van der Waals surface area contributed by atoms with E-state index in [0.717, 1.165) is 0 Å². The molecule has 7 heteroatoms. The van der Waals surface area contributed by atoms with Crippen molar-refractivity contribution in [2.24, 2.45) is 4.99 Å². The number of rotatable bonds is 5. The minimum atomic E-state index is -0.578. The van der Waals surface area contributed by atoms with Gasteiger partial charge < -0.3 is 14.8 Å². The number of ether oxygens (including phenoxy) is 2. The molecule has 0 aliphatic carbocycles. The Morgan fingerprint density at radius 3 is 2.70 bits per heavy atom. The summed E-state index contributed by atoms with van der Waals surface area (Å²) in [5.41, 5.74) is 1.99. The monoisotopic (exact) mass is 361 g/mol. The van der Waals surface area contributed by atoms with Crippen LogP contribution in [-0.2, 0) is 14.3 Å². The number of hydrogen-bond donors (Lipinski definition) is 1. The highest BCUT2D eigenvalue weighted by Gasteiger charge is 2.24. The molecule has 0 atom stereocenters. The fourth-order valence-corrected chi connectivity index (χ4v) is 2.42. The van der Waals surface area contributed by atoms with Gasteiger partial charge in [-0.25, -0.2) is 9.79 Å². The van der Waals surface area contributed by atoms with Crippen LogP contribution in [0, 0.1) is 11.3 Å². The number of nitriles is 1. The molecule has 0 unspecified atom stereocenters. The first-order valence-electron chi connectivity index (χ1n) is 8.06. The van der Waals surface area contributed by atoms with E-state index in [2.05, 4.69) is 10.3 Å². The fraction of sp³-hybridized carbons (Fsp3) is 0.100. The zero-order valence-corrected chi connectivity index (χ0v) is 14.4. The van der Waals surface area contributed by atoms with Crippen molar-refractivity contribution in [3.8, 4) is 11.8 Å². The molecule has 0 saturated carbocycles. The summed E-state index contributed by atoms with van der Waals surface area (Å²) in [6.45, 7) is 1.33. The average Bonchev–Trinajstić information content (AvgIpc) is 3.02. The second-order valence-corrected chi connectivity index (χ2v) is 5.58. The van der Waals surface area contributed by atoms with Gasteiger partial charge >= 0.3 is 5.97 Å². The largest absolute Gasteiger partial charge is 0.478 e. The second kappa shape index (κ2) is 7.97. The SMILES string of the molecule is CC(=O)Nc1ccc(C2=NC(=Cc3ccccc3OCC#N)C(=O)O2)cc1. The zero-order chi connectivity index (χ0) is 19.2. The molecule has 0 saturated heterocycles. The first-order chi connectivity index (χ1) is 13.1. The summed E-state index contributed by atoms with van der Waals surface area (Å²) < 4.78 is 10.6. The van der Waals surface area contributed by atoms with E-state index in [1.807, 2.05) is 6.07 Å². The summed E-state index contributed by atoms with van der Waals surface area (Å²) in [5.74, 6) is -0.0976. The van der Waals surface area contributed by atoms with Crippen molar-refractivity contribution in [1.29, 1.82) is 5.26 Å². The number of para-hydroxylation sites is 1. The van der Waals surface area contributed by atoms with Crippen LogP contribution in [0.3, 0.4) is 0 Å². The van der Waals surface area contributed by atoms with Gasteiger partial charge in [0.05, 0.1) is 0 Å². The van der Waals surface area contributed by atoms with E-state index >= 15 is 0 Å². The van der Waals surface area contributed by atoms with E-state index in [4.69, 9.17) is 14.7 Å². The number of hydrogen-bond acceptors (Lipinski definition) is 6. The Kier molecular flexibility index (Phi) is 5.28. The summed E-state index contributed by atoms with van der Waals surface area (Å²) in [6, 6.07) is 15.7. The van der Waals surface area contributed by atoms with Gasteiger partial charge in [-0.1, -0.05) is 18.2 Å². The lowest BCUT2D eigenvalue weighted by Crippen LogP contribution is -2.07. The maximum absolute atomic E-state index is 12.1. The van der Waals surface area contributed by atoms with E-state index in [0.29, 0.717) is 22.6 Å². The Morgan fingerprint density at radius 1 is 1.26 bits per heavy atom. The first-order valence-corrected chi connectivity index (χ1v) is 8.06. The number of aliphatic imine (C=N–C) groups is 1. The lowest BCUT2D eigenvalue weighted by atomic mass is 10.1. The number of anilines is 1. The third-order valence-electron chi connectivity index (χ3n) is 3.58. The van der Waals surface area contributed by atoms with Gasteiger partial charge in [0.15, 0.2) is 12.3 Å². The molecule has 2 aromatic rings. The molecule has 7 nitrogen and oxygen atoms in total. The molecule has 1 amide bonds. The topological polar surface area (TPSA) is 101 Å². The van der Waals surface area contributed by atoms with Gasteiger partial charge in [-0.05, 0) is 36.4 Å². The maximum atomic E-state index is 12.1. The number of nitrogens with one attached hydrogen (secondary N) is 1. The Balaban J connectivity index is 1.85. The van der Waals surface area contributed by atoms with Gasteiger partial charge in [0.25, 0.3) is 0 Å². The standard InChI is InChI=1S/C20H15N3O4/c1-13(24)22-16-8-6-14(7-9-16)19-23-17(20(25)27-19)12-15-4-2-3-5-18(15)26-11-10-21/h2-9,12H,11H2,1H3,(H,22,24). The number of carbonyl (C=O) groups excluding carboxylic acids is 2. The smallest absolute Gasteiger partial charge is 0.363 e. The van der Waals surface area contributed by atoms with Crippen LogP contribution in [0.25, 0.3) is 6.08 Å². The first kappa shape index (κ1) is 17.9. The van der Waals surface area contributed by atoms with E-state index in [-0.39, 0.29) is 24.1 Å². The summed E-state index contributed by atoms with van der Waals surface area (Å²) in [5, 5.41) is 11.3. The molecule has 27 heavy (non-hydrogen) atoms. The molecule has 1 heterocycles. The number of carbonyl (C=O) groups is 2. The summed E-state index contributed by atoms with van der Waals surface area (Å²) in [7, 11) is 0. The molecular formula is C20H15N3O4. The van der Waals surface area contributed by atoms with Gasteiger partial charge in [-0.3, -0.25) is 4.79 Å². The molecule has 0 radical (unpaired) electrons. The Bertz CT molecular complexity index is 985. The molecule has 0 spiro atoms. The number of esters is 1. The summed E-state index contributed by atoms with van der Waals surface area (Å²) in [4.78, 5) is 27.5. The fourth-order valence-electron chi connectivity index (χ4n) is 2.42. The van der Waals surface area contributed by atoms with Gasteiger partial charge in [0, 0.05) is 23.7 Å². The molecule has 1 aliphatic heterocycles. The van der Waals surface area contributed by atoms with E-state index in [1.165, 1.54) is 6.92 Å². The highest BCUT2D eigenvalue weighted by molar-refractivity contribution is 6.13. The minimum absolute atomic E-state index is 0.0974. The van der Waals surface area contributed by atoms with Crippen molar-refractivity contribution in [3.05, 3.63) is 65.4 Å². The average molecular weight is 361 g/mol. The van der Waals surface area contributed by atoms with Crippen molar-refractivity contribution in [2.75, 3.05) is 11.9 Å². The van der Waals surface area contributed by atoms with Crippen LogP contribution < -0.4 is 10.1 Å². The highest BCUT2D eigenvalue weighted by Crippen LogP contribution is 2.25. The lowest BCUT2D eigenvalue weighted by Gasteiger charge is -2.05. The molecule has 134 valence electrons. The molecular weight excluding hydrogens is 346 g/mol. The van der Waals surface area contributed by atoms with Crippen LogP contribution in [0.15, 0.2) is 59.2 Å². The van der Waals surface area contributed by atoms with Gasteiger partial charge in [0.1, 0.15) is 11.8 Å². The lowest BCUT2D eigenvalue weighted by molar-refractivity contribution is -0.129. The Labute approximate surface area is 155 Å². The van der Waals surface area contributed by atoms with Crippen molar-refractivity contribution in [3.63, 3.8) is 0 Å². The molecule has 0 bridgehead atoms. The van der Waals surface area contributed by atoms with Crippen LogP contribution >= 0.6 is 0 Å². The van der Waals surface area contributed by atoms with E-state index in [9.17, 15) is 9.59 Å². The number of nitrogens with zero attached hydrogens (tertiary/aromatic N) is 2. The molecule has 0 fully saturated rings. The van der Waals surface area contributed by atoms with Crippen LogP contribution in [-0.4, -0.2) is 24.4 Å². The second-order valence-electron chi connectivity index (χ2n) is 5.58. The molecule has 1 N–H and O–H groups in total. The van der Waals surface area contributed by atoms with E-state index in [1.54, 1.807) is 54.6 Å². The quantitative estimate of drug-likeness (QED) is 0.652. The number of amides is 1. The minimum Gasteiger partial charge on any atom is -0.478 e. The molecule has 1 aliphatic rings.